The zero-order valence-electron chi connectivity index (χ0n) is 9.36. The summed E-state index contributed by atoms with van der Waals surface area (Å²) in [6.07, 6.45) is 0. The molecule has 0 fully saturated rings. The van der Waals surface area contributed by atoms with Crippen LogP contribution in [0.5, 0.6) is 0 Å². The summed E-state index contributed by atoms with van der Waals surface area (Å²) in [5.74, 6) is 1.23. The second-order valence-electron chi connectivity index (χ2n) is 3.51. The summed E-state index contributed by atoms with van der Waals surface area (Å²) in [7, 11) is -1.36. The molecule has 2 aromatic rings. The third kappa shape index (κ3) is 2.58. The van der Waals surface area contributed by atoms with Crippen LogP contribution in [-0.2, 0) is 11.0 Å². The fourth-order valence-corrected chi connectivity index (χ4v) is 2.90. The van der Waals surface area contributed by atoms with E-state index >= 15 is 0 Å². The van der Waals surface area contributed by atoms with Crippen molar-refractivity contribution in [2.24, 2.45) is 0 Å². The second kappa shape index (κ2) is 5.01. The lowest BCUT2D eigenvalue weighted by Gasteiger charge is -2.05. The van der Waals surface area contributed by atoms with Crippen molar-refractivity contribution in [3.63, 3.8) is 0 Å². The molecule has 2 rings (SSSR count). The fraction of sp³-hybridized carbons (Fsp3) is 0.182. The SMILES string of the molecule is Cc1onc(NS(=O)c2ccccc2Br)c1C. The molecule has 90 valence electrons. The van der Waals surface area contributed by atoms with Crippen LogP contribution in [0.1, 0.15) is 11.3 Å². The first kappa shape index (κ1) is 12.3. The maximum atomic E-state index is 12.1. The minimum absolute atomic E-state index is 0.511. The molecule has 1 heterocycles. The lowest BCUT2D eigenvalue weighted by molar-refractivity contribution is 0.399. The quantitative estimate of drug-likeness (QED) is 0.946. The Bertz CT molecular complexity index is 568. The van der Waals surface area contributed by atoms with E-state index in [9.17, 15) is 4.21 Å². The number of aromatic nitrogens is 1. The standard InChI is InChI=1S/C11H11BrN2O2S/c1-7-8(2)16-13-11(7)14-17(15)10-6-4-3-5-9(10)12/h3-6H,1-2H3,(H,13,14). The van der Waals surface area contributed by atoms with Crippen LogP contribution in [0.15, 0.2) is 38.2 Å². The summed E-state index contributed by atoms with van der Waals surface area (Å²) in [6.45, 7) is 3.68. The van der Waals surface area contributed by atoms with Gasteiger partial charge in [-0.3, -0.25) is 4.72 Å². The van der Waals surface area contributed by atoms with Crippen LogP contribution in [0.4, 0.5) is 5.82 Å². The highest BCUT2D eigenvalue weighted by molar-refractivity contribution is 9.10. The molecular formula is C11H11BrN2O2S. The Balaban J connectivity index is 2.23. The van der Waals surface area contributed by atoms with Gasteiger partial charge in [-0.05, 0) is 41.9 Å². The number of anilines is 1. The first-order chi connectivity index (χ1) is 8.09. The third-order valence-electron chi connectivity index (χ3n) is 2.38. The van der Waals surface area contributed by atoms with E-state index in [-0.39, 0.29) is 0 Å². The van der Waals surface area contributed by atoms with Gasteiger partial charge >= 0.3 is 0 Å². The lowest BCUT2D eigenvalue weighted by atomic mass is 10.3. The molecule has 4 nitrogen and oxygen atoms in total. The van der Waals surface area contributed by atoms with E-state index in [0.717, 1.165) is 15.8 Å². The van der Waals surface area contributed by atoms with E-state index in [1.165, 1.54) is 0 Å². The maximum absolute atomic E-state index is 12.1. The Morgan fingerprint density at radius 1 is 1.35 bits per heavy atom. The van der Waals surface area contributed by atoms with Gasteiger partial charge in [0.1, 0.15) is 5.76 Å². The monoisotopic (exact) mass is 314 g/mol. The first-order valence-corrected chi connectivity index (χ1v) is 6.89. The molecule has 0 radical (unpaired) electrons. The van der Waals surface area contributed by atoms with E-state index in [1.54, 1.807) is 6.07 Å². The van der Waals surface area contributed by atoms with E-state index in [2.05, 4.69) is 25.8 Å². The molecule has 17 heavy (non-hydrogen) atoms. The molecule has 0 saturated heterocycles. The predicted octanol–water partition coefficient (Wildman–Crippen LogP) is 3.19. The summed E-state index contributed by atoms with van der Waals surface area (Å²) in [5.41, 5.74) is 0.866. The topological polar surface area (TPSA) is 55.1 Å². The number of aryl methyl sites for hydroxylation is 1. The molecule has 1 N–H and O–H groups in total. The van der Waals surface area contributed by atoms with E-state index in [4.69, 9.17) is 4.52 Å². The number of hydrogen-bond donors (Lipinski definition) is 1. The Labute approximate surface area is 110 Å². The van der Waals surface area contributed by atoms with Gasteiger partial charge in [0.2, 0.25) is 0 Å². The average Bonchev–Trinajstić information content (AvgIpc) is 2.61. The molecule has 6 heteroatoms. The lowest BCUT2D eigenvalue weighted by Crippen LogP contribution is -2.06. The van der Waals surface area contributed by atoms with Crippen LogP contribution in [-0.4, -0.2) is 9.37 Å². The number of benzene rings is 1. The number of hydrogen-bond acceptors (Lipinski definition) is 3. The van der Waals surface area contributed by atoms with Crippen molar-refractivity contribution >= 4 is 32.7 Å². The van der Waals surface area contributed by atoms with Crippen LogP contribution < -0.4 is 4.72 Å². The first-order valence-electron chi connectivity index (χ1n) is 4.95. The summed E-state index contributed by atoms with van der Waals surface area (Å²) >= 11 is 3.36. The highest BCUT2D eigenvalue weighted by Crippen LogP contribution is 2.23. The Hall–Kier alpha value is -1.14. The molecule has 1 aromatic carbocycles. The molecule has 1 aromatic heterocycles. The summed E-state index contributed by atoms with van der Waals surface area (Å²) in [4.78, 5) is 0.674. The average molecular weight is 315 g/mol. The molecule has 0 amide bonds. The molecule has 0 aliphatic carbocycles. The molecule has 1 unspecified atom stereocenters. The summed E-state index contributed by atoms with van der Waals surface area (Å²) < 4.78 is 20.7. The molecular weight excluding hydrogens is 304 g/mol. The number of halogens is 1. The highest BCUT2D eigenvalue weighted by atomic mass is 79.9. The zero-order valence-corrected chi connectivity index (χ0v) is 11.8. The Morgan fingerprint density at radius 2 is 2.06 bits per heavy atom. The van der Waals surface area contributed by atoms with E-state index < -0.39 is 11.0 Å². The third-order valence-corrected chi connectivity index (χ3v) is 4.47. The summed E-state index contributed by atoms with van der Waals surface area (Å²) in [5, 5.41) is 3.82. The van der Waals surface area contributed by atoms with Crippen LogP contribution in [0.3, 0.4) is 0 Å². The van der Waals surface area contributed by atoms with E-state index in [1.807, 2.05) is 32.0 Å². The van der Waals surface area contributed by atoms with Gasteiger partial charge in [0.25, 0.3) is 0 Å². The smallest absolute Gasteiger partial charge is 0.184 e. The van der Waals surface area contributed by atoms with Gasteiger partial charge in [-0.2, -0.15) is 0 Å². The summed E-state index contributed by atoms with van der Waals surface area (Å²) in [6, 6.07) is 7.34. The van der Waals surface area contributed by atoms with Gasteiger partial charge in [0.05, 0.1) is 4.90 Å². The molecule has 0 spiro atoms. The van der Waals surface area contributed by atoms with Crippen molar-refractivity contribution in [1.82, 2.24) is 5.16 Å². The van der Waals surface area contributed by atoms with Crippen molar-refractivity contribution in [2.75, 3.05) is 4.72 Å². The van der Waals surface area contributed by atoms with Gasteiger partial charge < -0.3 is 4.52 Å². The van der Waals surface area contributed by atoms with Gasteiger partial charge in [0, 0.05) is 10.0 Å². The second-order valence-corrected chi connectivity index (χ2v) is 5.55. The number of rotatable bonds is 3. The zero-order chi connectivity index (χ0) is 12.4. The molecule has 0 aliphatic heterocycles. The van der Waals surface area contributed by atoms with Gasteiger partial charge in [-0.25, -0.2) is 4.21 Å². The molecule has 1 atom stereocenters. The highest BCUT2D eigenvalue weighted by Gasteiger charge is 2.13. The van der Waals surface area contributed by atoms with Crippen molar-refractivity contribution in [3.8, 4) is 0 Å². The predicted molar refractivity (Wildman–Crippen MR) is 70.2 cm³/mol. The minimum Gasteiger partial charge on any atom is -0.359 e. The van der Waals surface area contributed by atoms with E-state index in [0.29, 0.717) is 10.7 Å². The number of nitrogens with one attached hydrogen (secondary N) is 1. The Morgan fingerprint density at radius 3 is 2.65 bits per heavy atom. The number of nitrogens with zero attached hydrogens (tertiary/aromatic N) is 1. The van der Waals surface area contributed by atoms with Crippen LogP contribution in [0.25, 0.3) is 0 Å². The van der Waals surface area contributed by atoms with Crippen LogP contribution >= 0.6 is 15.9 Å². The van der Waals surface area contributed by atoms with Gasteiger partial charge in [-0.15, -0.1) is 0 Å². The van der Waals surface area contributed by atoms with Crippen molar-refractivity contribution < 1.29 is 8.73 Å². The van der Waals surface area contributed by atoms with Crippen LogP contribution in [0, 0.1) is 13.8 Å². The molecule has 0 saturated carbocycles. The van der Waals surface area contributed by atoms with Crippen molar-refractivity contribution in [3.05, 3.63) is 40.1 Å². The molecule has 0 bridgehead atoms. The fourth-order valence-electron chi connectivity index (χ4n) is 1.25. The largest absolute Gasteiger partial charge is 0.359 e. The van der Waals surface area contributed by atoms with Gasteiger partial charge in [-0.1, -0.05) is 17.3 Å². The van der Waals surface area contributed by atoms with Crippen molar-refractivity contribution in [1.29, 1.82) is 0 Å². The van der Waals surface area contributed by atoms with Gasteiger partial charge in [0.15, 0.2) is 16.8 Å². The maximum Gasteiger partial charge on any atom is 0.184 e. The van der Waals surface area contributed by atoms with Crippen molar-refractivity contribution in [2.45, 2.75) is 18.7 Å². The molecule has 0 aliphatic rings. The minimum atomic E-state index is -1.36. The van der Waals surface area contributed by atoms with Crippen LogP contribution in [0.2, 0.25) is 0 Å². The Kier molecular flexibility index (Phi) is 3.63. The normalized spacial score (nSPS) is 12.4.